The normalized spacial score (nSPS) is 19.5. The summed E-state index contributed by atoms with van der Waals surface area (Å²) >= 11 is 0. The molecule has 2 heterocycles. The van der Waals surface area contributed by atoms with Gasteiger partial charge in [0, 0.05) is 88.6 Å². The summed E-state index contributed by atoms with van der Waals surface area (Å²) in [6.07, 6.45) is 3.17. The van der Waals surface area contributed by atoms with Crippen LogP contribution in [-0.2, 0) is 19.2 Å². The fraction of sp³-hybridized carbons (Fsp3) is 0.344. The molecule has 0 saturated carbocycles. The molecule has 0 bridgehead atoms. The number of piperazine rings is 1. The first-order valence-corrected chi connectivity index (χ1v) is 14.6. The molecular weight excluding hydrogens is 603 g/mol. The molecule has 1 aliphatic carbocycles. The Balaban J connectivity index is 0.000000299. The SMILES string of the molecule is O=C(O)/C=C\C(=O)O.O=C(O)/C=C\C(=O)O.O=C1NCCN1CCN1CCN([C@H]2C[C@H](c3ccccc3F)c3ccccc32)CC1. The van der Waals surface area contributed by atoms with E-state index in [1.807, 2.05) is 17.0 Å². The van der Waals surface area contributed by atoms with Crippen molar-refractivity contribution < 1.29 is 48.8 Å². The third kappa shape index (κ3) is 10.8. The number of rotatable bonds is 9. The van der Waals surface area contributed by atoms with E-state index in [9.17, 15) is 28.4 Å². The van der Waals surface area contributed by atoms with Crippen LogP contribution in [-0.4, -0.2) is 117 Å². The maximum Gasteiger partial charge on any atom is 0.328 e. The van der Waals surface area contributed by atoms with Gasteiger partial charge in [0.2, 0.25) is 0 Å². The highest BCUT2D eigenvalue weighted by atomic mass is 19.1. The largest absolute Gasteiger partial charge is 0.478 e. The summed E-state index contributed by atoms with van der Waals surface area (Å²) in [6.45, 7) is 7.35. The van der Waals surface area contributed by atoms with Crippen LogP contribution in [0.2, 0.25) is 0 Å². The van der Waals surface area contributed by atoms with Gasteiger partial charge in [0.05, 0.1) is 0 Å². The summed E-state index contributed by atoms with van der Waals surface area (Å²) in [6, 6.07) is 16.2. The van der Waals surface area contributed by atoms with Crippen molar-refractivity contribution in [2.45, 2.75) is 18.4 Å². The fourth-order valence-electron chi connectivity index (χ4n) is 5.58. The fourth-order valence-corrected chi connectivity index (χ4v) is 5.58. The van der Waals surface area contributed by atoms with Crippen LogP contribution >= 0.6 is 0 Å². The zero-order chi connectivity index (χ0) is 33.6. The topological polar surface area (TPSA) is 188 Å². The van der Waals surface area contributed by atoms with Gasteiger partial charge in [-0.1, -0.05) is 42.5 Å². The number of carbonyl (C=O) groups is 5. The van der Waals surface area contributed by atoms with Crippen molar-refractivity contribution in [1.82, 2.24) is 20.0 Å². The van der Waals surface area contributed by atoms with Gasteiger partial charge in [0.1, 0.15) is 5.82 Å². The van der Waals surface area contributed by atoms with E-state index in [0.717, 1.165) is 64.3 Å². The molecule has 13 nitrogen and oxygen atoms in total. The van der Waals surface area contributed by atoms with Crippen LogP contribution in [0.25, 0.3) is 0 Å². The molecule has 2 aliphatic heterocycles. The predicted octanol–water partition coefficient (Wildman–Crippen LogP) is 2.47. The molecule has 0 aromatic heterocycles. The van der Waals surface area contributed by atoms with E-state index >= 15 is 0 Å². The number of nitrogens with one attached hydrogen (secondary N) is 1. The van der Waals surface area contributed by atoms with Gasteiger partial charge in [-0.25, -0.2) is 28.4 Å². The zero-order valence-corrected chi connectivity index (χ0v) is 25.0. The first-order valence-electron chi connectivity index (χ1n) is 14.6. The Morgan fingerprint density at radius 1 is 0.717 bits per heavy atom. The monoisotopic (exact) mass is 640 g/mol. The quantitative estimate of drug-likeness (QED) is 0.253. The number of carboxylic acids is 4. The maximum atomic E-state index is 14.5. The molecular formula is C32H37FN4O9. The molecule has 2 saturated heterocycles. The van der Waals surface area contributed by atoms with Crippen LogP contribution in [0.15, 0.2) is 72.8 Å². The number of fused-ring (bicyclic) bond motifs is 1. The van der Waals surface area contributed by atoms with Crippen LogP contribution in [0.3, 0.4) is 0 Å². The molecule has 14 heteroatoms. The number of carbonyl (C=O) groups excluding carboxylic acids is 1. The smallest absolute Gasteiger partial charge is 0.328 e. The number of urea groups is 1. The van der Waals surface area contributed by atoms with E-state index < -0.39 is 23.9 Å². The third-order valence-corrected chi connectivity index (χ3v) is 7.69. The van der Waals surface area contributed by atoms with Crippen LogP contribution in [0.5, 0.6) is 0 Å². The zero-order valence-electron chi connectivity index (χ0n) is 25.0. The van der Waals surface area contributed by atoms with Gasteiger partial charge in [-0.3, -0.25) is 9.80 Å². The summed E-state index contributed by atoms with van der Waals surface area (Å²) in [5.41, 5.74) is 3.44. The molecule has 5 N–H and O–H groups in total. The molecule has 2 fully saturated rings. The Morgan fingerprint density at radius 3 is 1.70 bits per heavy atom. The average molecular weight is 641 g/mol. The molecule has 2 atom stereocenters. The van der Waals surface area contributed by atoms with E-state index in [1.165, 1.54) is 11.1 Å². The van der Waals surface area contributed by atoms with Crippen molar-refractivity contribution in [3.63, 3.8) is 0 Å². The second kappa shape index (κ2) is 17.4. The molecule has 246 valence electrons. The lowest BCUT2D eigenvalue weighted by Gasteiger charge is -2.39. The predicted molar refractivity (Wildman–Crippen MR) is 164 cm³/mol. The number of aliphatic carboxylic acids is 4. The maximum absolute atomic E-state index is 14.5. The Kier molecular flexibility index (Phi) is 13.4. The number of carboxylic acid groups (broad SMARTS) is 4. The minimum absolute atomic E-state index is 0.0652. The number of halogens is 1. The molecule has 0 unspecified atom stereocenters. The van der Waals surface area contributed by atoms with E-state index in [1.54, 1.807) is 12.1 Å². The molecule has 2 aromatic rings. The van der Waals surface area contributed by atoms with E-state index in [4.69, 9.17) is 20.4 Å². The number of benzene rings is 2. The summed E-state index contributed by atoms with van der Waals surface area (Å²) in [5, 5.41) is 34.1. The standard InChI is InChI=1S/C24H29FN4O.2C4H4O4/c25-22-8-4-3-6-19(22)21-17-23(20-7-2-1-5-18(20)21)28-14-11-27(12-15-28)13-16-29-10-9-26-24(29)30;2*5-3(6)1-2-4(7)8/h1-8,21,23H,9-17H2,(H,26,30);2*1-2H,(H,5,6)(H,7,8)/b;2*2-1-/t21-,23-;;/m0../s1. The Bertz CT molecular complexity index is 1390. The van der Waals surface area contributed by atoms with Crippen molar-refractivity contribution in [2.75, 3.05) is 52.4 Å². The van der Waals surface area contributed by atoms with Crippen molar-refractivity contribution in [3.05, 3.63) is 95.3 Å². The Morgan fingerprint density at radius 2 is 1.22 bits per heavy atom. The van der Waals surface area contributed by atoms with Crippen molar-refractivity contribution in [1.29, 1.82) is 0 Å². The summed E-state index contributed by atoms with van der Waals surface area (Å²) < 4.78 is 14.5. The highest BCUT2D eigenvalue weighted by Crippen LogP contribution is 2.47. The number of hydrogen-bond donors (Lipinski definition) is 5. The van der Waals surface area contributed by atoms with Crippen molar-refractivity contribution >= 4 is 29.9 Å². The Hall–Kier alpha value is -5.08. The molecule has 2 aromatic carbocycles. The van der Waals surface area contributed by atoms with Gasteiger partial charge in [-0.2, -0.15) is 0 Å². The lowest BCUT2D eigenvalue weighted by molar-refractivity contribution is -0.134. The van der Waals surface area contributed by atoms with Gasteiger partial charge in [0.25, 0.3) is 0 Å². The number of hydrogen-bond acceptors (Lipinski definition) is 7. The van der Waals surface area contributed by atoms with Gasteiger partial charge in [0.15, 0.2) is 0 Å². The minimum atomic E-state index is -1.26. The highest BCUT2D eigenvalue weighted by molar-refractivity contribution is 5.90. The molecule has 3 aliphatic rings. The molecule has 5 rings (SSSR count). The second-order valence-electron chi connectivity index (χ2n) is 10.6. The highest BCUT2D eigenvalue weighted by Gasteiger charge is 2.37. The Labute approximate surface area is 264 Å². The molecule has 0 radical (unpaired) electrons. The van der Waals surface area contributed by atoms with Crippen molar-refractivity contribution in [3.8, 4) is 0 Å². The van der Waals surface area contributed by atoms with Crippen LogP contribution in [0.1, 0.15) is 35.1 Å². The van der Waals surface area contributed by atoms with Gasteiger partial charge >= 0.3 is 29.9 Å². The summed E-state index contributed by atoms with van der Waals surface area (Å²) in [4.78, 5) is 56.9. The number of amides is 2. The average Bonchev–Trinajstić information content (AvgIpc) is 3.62. The molecule has 2 amide bonds. The second-order valence-corrected chi connectivity index (χ2v) is 10.6. The van der Waals surface area contributed by atoms with E-state index in [0.29, 0.717) is 30.3 Å². The molecule has 0 spiro atoms. The third-order valence-electron chi connectivity index (χ3n) is 7.69. The lowest BCUT2D eigenvalue weighted by Crippen LogP contribution is -2.49. The first-order chi connectivity index (χ1) is 22.0. The molecule has 46 heavy (non-hydrogen) atoms. The summed E-state index contributed by atoms with van der Waals surface area (Å²) in [7, 11) is 0. The van der Waals surface area contributed by atoms with Gasteiger partial charge in [-0.15, -0.1) is 0 Å². The number of nitrogens with zero attached hydrogens (tertiary/aromatic N) is 3. The summed E-state index contributed by atoms with van der Waals surface area (Å²) in [5.74, 6) is -5.01. The van der Waals surface area contributed by atoms with E-state index in [2.05, 4.69) is 39.4 Å². The van der Waals surface area contributed by atoms with Crippen LogP contribution in [0, 0.1) is 5.82 Å². The van der Waals surface area contributed by atoms with Crippen LogP contribution in [0.4, 0.5) is 9.18 Å². The lowest BCUT2D eigenvalue weighted by atomic mass is 9.92. The van der Waals surface area contributed by atoms with Crippen LogP contribution < -0.4 is 5.32 Å². The first kappa shape index (κ1) is 35.4. The van der Waals surface area contributed by atoms with Gasteiger partial charge in [-0.05, 0) is 29.2 Å². The van der Waals surface area contributed by atoms with E-state index in [-0.39, 0.29) is 17.8 Å². The minimum Gasteiger partial charge on any atom is -0.478 e. The van der Waals surface area contributed by atoms with Crippen molar-refractivity contribution in [2.24, 2.45) is 0 Å². The van der Waals surface area contributed by atoms with Gasteiger partial charge < -0.3 is 30.6 Å².